The number of nitro groups is 1. The van der Waals surface area contributed by atoms with E-state index in [4.69, 9.17) is 4.74 Å². The predicted molar refractivity (Wildman–Crippen MR) is 94.8 cm³/mol. The standard InChI is InChI=1S/C19H20N2O4/c22-19(13-14-5-1-4-8-18(14)21(23)24)20-15-9-11-17(12-10-15)25-16-6-2-3-7-16/h1,4-5,8-12,16H,2-3,6-7,13H2,(H,20,22). The summed E-state index contributed by atoms with van der Waals surface area (Å²) in [5, 5.41) is 13.8. The molecule has 1 amide bonds. The minimum atomic E-state index is -0.474. The second kappa shape index (κ2) is 7.79. The number of anilines is 1. The van der Waals surface area contributed by atoms with Crippen LogP contribution in [0.15, 0.2) is 48.5 Å². The first-order chi connectivity index (χ1) is 12.1. The summed E-state index contributed by atoms with van der Waals surface area (Å²) in [6.07, 6.45) is 4.86. The van der Waals surface area contributed by atoms with E-state index in [1.165, 1.54) is 18.9 Å². The number of rotatable bonds is 6. The fourth-order valence-electron chi connectivity index (χ4n) is 3.03. The molecule has 1 saturated carbocycles. The Balaban J connectivity index is 1.58. The van der Waals surface area contributed by atoms with Crippen LogP contribution in [0.5, 0.6) is 5.75 Å². The summed E-state index contributed by atoms with van der Waals surface area (Å²) in [7, 11) is 0. The lowest BCUT2D eigenvalue weighted by molar-refractivity contribution is -0.385. The number of benzene rings is 2. The van der Waals surface area contributed by atoms with Crippen LogP contribution in [-0.2, 0) is 11.2 Å². The molecular formula is C19H20N2O4. The number of ether oxygens (including phenoxy) is 1. The van der Waals surface area contributed by atoms with E-state index in [9.17, 15) is 14.9 Å². The number of amides is 1. The van der Waals surface area contributed by atoms with Crippen molar-refractivity contribution < 1.29 is 14.5 Å². The van der Waals surface area contributed by atoms with E-state index in [0.29, 0.717) is 17.4 Å². The lowest BCUT2D eigenvalue weighted by Crippen LogP contribution is -2.15. The molecule has 0 spiro atoms. The van der Waals surface area contributed by atoms with Crippen LogP contribution < -0.4 is 10.1 Å². The fourth-order valence-corrected chi connectivity index (χ4v) is 3.03. The van der Waals surface area contributed by atoms with Crippen LogP contribution in [0.1, 0.15) is 31.2 Å². The average molecular weight is 340 g/mol. The van der Waals surface area contributed by atoms with Crippen molar-refractivity contribution in [3.63, 3.8) is 0 Å². The van der Waals surface area contributed by atoms with Crippen molar-refractivity contribution in [2.24, 2.45) is 0 Å². The molecule has 1 fully saturated rings. The van der Waals surface area contributed by atoms with Gasteiger partial charge in [-0.1, -0.05) is 18.2 Å². The number of carbonyl (C=O) groups is 1. The SMILES string of the molecule is O=C(Cc1ccccc1[N+](=O)[O-])Nc1ccc(OC2CCCC2)cc1. The molecule has 0 saturated heterocycles. The van der Waals surface area contributed by atoms with Crippen LogP contribution in [0.2, 0.25) is 0 Å². The Morgan fingerprint density at radius 1 is 1.12 bits per heavy atom. The number of nitrogens with one attached hydrogen (secondary N) is 1. The van der Waals surface area contributed by atoms with Crippen LogP contribution in [0.4, 0.5) is 11.4 Å². The van der Waals surface area contributed by atoms with Crippen LogP contribution >= 0.6 is 0 Å². The summed E-state index contributed by atoms with van der Waals surface area (Å²) in [6, 6.07) is 13.5. The average Bonchev–Trinajstić information content (AvgIpc) is 3.10. The summed E-state index contributed by atoms with van der Waals surface area (Å²) in [6.45, 7) is 0. The van der Waals surface area contributed by atoms with Gasteiger partial charge < -0.3 is 10.1 Å². The topological polar surface area (TPSA) is 81.5 Å². The molecule has 0 aliphatic heterocycles. The van der Waals surface area contributed by atoms with Gasteiger partial charge in [-0.05, 0) is 49.9 Å². The molecule has 3 rings (SSSR count). The van der Waals surface area contributed by atoms with Crippen LogP contribution in [0.3, 0.4) is 0 Å². The van der Waals surface area contributed by atoms with Crippen molar-refractivity contribution in [3.05, 3.63) is 64.2 Å². The largest absolute Gasteiger partial charge is 0.490 e. The third-order valence-corrected chi connectivity index (χ3v) is 4.28. The van der Waals surface area contributed by atoms with Crippen molar-refractivity contribution in [2.45, 2.75) is 38.2 Å². The summed E-state index contributed by atoms with van der Waals surface area (Å²) in [4.78, 5) is 22.7. The van der Waals surface area contributed by atoms with Crippen molar-refractivity contribution in [2.75, 3.05) is 5.32 Å². The van der Waals surface area contributed by atoms with Gasteiger partial charge in [0.05, 0.1) is 17.4 Å². The van der Waals surface area contributed by atoms with Gasteiger partial charge in [0, 0.05) is 17.3 Å². The molecular weight excluding hydrogens is 320 g/mol. The van der Waals surface area contributed by atoms with E-state index in [2.05, 4.69) is 5.32 Å². The summed E-state index contributed by atoms with van der Waals surface area (Å²) in [5.74, 6) is 0.502. The van der Waals surface area contributed by atoms with Gasteiger partial charge in [-0.15, -0.1) is 0 Å². The first kappa shape index (κ1) is 17.0. The Morgan fingerprint density at radius 2 is 1.80 bits per heavy atom. The number of nitro benzene ring substituents is 1. The molecule has 6 heteroatoms. The van der Waals surface area contributed by atoms with E-state index in [1.54, 1.807) is 30.3 Å². The number of para-hydroxylation sites is 1. The van der Waals surface area contributed by atoms with Gasteiger partial charge in [-0.3, -0.25) is 14.9 Å². The molecule has 0 unspecified atom stereocenters. The number of hydrogen-bond donors (Lipinski definition) is 1. The molecule has 6 nitrogen and oxygen atoms in total. The highest BCUT2D eigenvalue weighted by atomic mass is 16.6. The first-order valence-corrected chi connectivity index (χ1v) is 8.41. The van der Waals surface area contributed by atoms with Gasteiger partial charge >= 0.3 is 0 Å². The quantitative estimate of drug-likeness (QED) is 0.634. The van der Waals surface area contributed by atoms with Gasteiger partial charge in [0.15, 0.2) is 0 Å². The molecule has 1 aliphatic carbocycles. The zero-order chi connectivity index (χ0) is 17.6. The molecule has 2 aromatic rings. The van der Waals surface area contributed by atoms with Crippen molar-refractivity contribution in [3.8, 4) is 5.75 Å². The fraction of sp³-hybridized carbons (Fsp3) is 0.316. The molecule has 0 heterocycles. The Hall–Kier alpha value is -2.89. The van der Waals surface area contributed by atoms with E-state index in [1.807, 2.05) is 12.1 Å². The lowest BCUT2D eigenvalue weighted by Gasteiger charge is -2.13. The molecule has 0 aromatic heterocycles. The molecule has 0 radical (unpaired) electrons. The normalized spacial score (nSPS) is 14.2. The predicted octanol–water partition coefficient (Wildman–Crippen LogP) is 4.10. The minimum absolute atomic E-state index is 0.0436. The molecule has 2 aromatic carbocycles. The van der Waals surface area contributed by atoms with E-state index in [-0.39, 0.29) is 18.0 Å². The highest BCUT2D eigenvalue weighted by molar-refractivity contribution is 5.92. The Labute approximate surface area is 146 Å². The Morgan fingerprint density at radius 3 is 2.48 bits per heavy atom. The zero-order valence-electron chi connectivity index (χ0n) is 13.8. The van der Waals surface area contributed by atoms with Gasteiger partial charge in [0.2, 0.25) is 5.91 Å². The van der Waals surface area contributed by atoms with E-state index in [0.717, 1.165) is 18.6 Å². The Bertz CT molecular complexity index is 752. The molecule has 1 N–H and O–H groups in total. The van der Waals surface area contributed by atoms with E-state index < -0.39 is 4.92 Å². The zero-order valence-corrected chi connectivity index (χ0v) is 13.8. The van der Waals surface area contributed by atoms with Gasteiger partial charge in [0.25, 0.3) is 5.69 Å². The molecule has 0 atom stereocenters. The maximum absolute atomic E-state index is 12.2. The third-order valence-electron chi connectivity index (χ3n) is 4.28. The van der Waals surface area contributed by atoms with E-state index >= 15 is 0 Å². The van der Waals surface area contributed by atoms with Crippen LogP contribution in [-0.4, -0.2) is 16.9 Å². The summed E-state index contributed by atoms with van der Waals surface area (Å²) < 4.78 is 5.89. The second-order valence-electron chi connectivity index (χ2n) is 6.16. The smallest absolute Gasteiger partial charge is 0.273 e. The third kappa shape index (κ3) is 4.56. The van der Waals surface area contributed by atoms with Gasteiger partial charge in [-0.2, -0.15) is 0 Å². The number of carbonyl (C=O) groups excluding carboxylic acids is 1. The maximum Gasteiger partial charge on any atom is 0.273 e. The first-order valence-electron chi connectivity index (χ1n) is 8.41. The molecule has 1 aliphatic rings. The molecule has 25 heavy (non-hydrogen) atoms. The monoisotopic (exact) mass is 340 g/mol. The number of hydrogen-bond acceptors (Lipinski definition) is 4. The van der Waals surface area contributed by atoms with Crippen molar-refractivity contribution in [1.82, 2.24) is 0 Å². The second-order valence-corrected chi connectivity index (χ2v) is 6.16. The summed E-state index contributed by atoms with van der Waals surface area (Å²) in [5.41, 5.74) is 0.992. The Kier molecular flexibility index (Phi) is 5.28. The molecule has 130 valence electrons. The van der Waals surface area contributed by atoms with Crippen LogP contribution in [0, 0.1) is 10.1 Å². The van der Waals surface area contributed by atoms with Crippen LogP contribution in [0.25, 0.3) is 0 Å². The van der Waals surface area contributed by atoms with Gasteiger partial charge in [-0.25, -0.2) is 0 Å². The lowest BCUT2D eigenvalue weighted by atomic mass is 10.1. The highest BCUT2D eigenvalue weighted by Crippen LogP contribution is 2.25. The highest BCUT2D eigenvalue weighted by Gasteiger charge is 2.17. The maximum atomic E-state index is 12.2. The van der Waals surface area contributed by atoms with Crippen molar-refractivity contribution >= 4 is 17.3 Å². The molecule has 0 bridgehead atoms. The number of nitrogens with zero attached hydrogens (tertiary/aromatic N) is 1. The van der Waals surface area contributed by atoms with Gasteiger partial charge in [0.1, 0.15) is 5.75 Å². The minimum Gasteiger partial charge on any atom is -0.490 e. The van der Waals surface area contributed by atoms with Crippen molar-refractivity contribution in [1.29, 1.82) is 0 Å². The summed E-state index contributed by atoms with van der Waals surface area (Å²) >= 11 is 0.